The molecule has 1 atom stereocenters. The molecule has 7 aromatic rings. The Hall–Kier alpha value is -5.86. The highest BCUT2D eigenvalue weighted by molar-refractivity contribution is 5.86. The minimum Gasteiger partial charge on any atom is -0.311 e. The second-order valence-corrected chi connectivity index (χ2v) is 15.7. The predicted molar refractivity (Wildman–Crippen MR) is 244 cm³/mol. The van der Waals surface area contributed by atoms with Crippen molar-refractivity contribution in [1.82, 2.24) is 0 Å². The molecule has 286 valence electrons. The van der Waals surface area contributed by atoms with Crippen molar-refractivity contribution in [3.8, 4) is 11.1 Å². The van der Waals surface area contributed by atoms with Crippen molar-refractivity contribution >= 4 is 34.1 Å². The van der Waals surface area contributed by atoms with Crippen LogP contribution in [0.15, 0.2) is 182 Å². The number of hydrogen-bond donors (Lipinski definition) is 0. The summed E-state index contributed by atoms with van der Waals surface area (Å²) in [7, 11) is 0. The molecule has 0 fully saturated rings. The van der Waals surface area contributed by atoms with E-state index in [1.807, 2.05) is 0 Å². The molecule has 0 aliphatic heterocycles. The van der Waals surface area contributed by atoms with Gasteiger partial charge in [0.25, 0.3) is 0 Å². The maximum Gasteiger partial charge on any atom is 0.0465 e. The van der Waals surface area contributed by atoms with Gasteiger partial charge in [0.2, 0.25) is 0 Å². The van der Waals surface area contributed by atoms with E-state index in [0.717, 1.165) is 42.7 Å². The van der Waals surface area contributed by atoms with E-state index in [1.54, 1.807) is 0 Å². The van der Waals surface area contributed by atoms with Crippen LogP contribution in [0, 0.1) is 0 Å². The minimum atomic E-state index is -0.102. The van der Waals surface area contributed by atoms with Crippen LogP contribution in [0.4, 0.5) is 34.1 Å². The normalized spacial score (nSPS) is 13.7. The van der Waals surface area contributed by atoms with E-state index < -0.39 is 0 Å². The molecule has 0 spiro atoms. The summed E-state index contributed by atoms with van der Waals surface area (Å²) >= 11 is 0. The van der Waals surface area contributed by atoms with E-state index >= 15 is 0 Å². The molecule has 1 aliphatic rings. The average Bonchev–Trinajstić information content (AvgIpc) is 3.56. The summed E-state index contributed by atoms with van der Waals surface area (Å²) in [6, 6.07) is 67.5. The molecule has 0 heterocycles. The third-order valence-corrected chi connectivity index (χ3v) is 12.9. The molecule has 0 saturated heterocycles. The molecule has 0 N–H and O–H groups in total. The van der Waals surface area contributed by atoms with Gasteiger partial charge in [-0.1, -0.05) is 156 Å². The second-order valence-electron chi connectivity index (χ2n) is 15.7. The fourth-order valence-corrected chi connectivity index (χ4v) is 9.80. The molecule has 0 amide bonds. The summed E-state index contributed by atoms with van der Waals surface area (Å²) in [6.07, 6.45) is 7.92. The lowest BCUT2D eigenvalue weighted by molar-refractivity contribution is 0.431. The molecule has 0 aromatic heterocycles. The summed E-state index contributed by atoms with van der Waals surface area (Å²) in [4.78, 5) is 4.80. The lowest BCUT2D eigenvalue weighted by Crippen LogP contribution is -2.27. The zero-order chi connectivity index (χ0) is 39.2. The molecule has 57 heavy (non-hydrogen) atoms. The SMILES string of the molecule is CCCCCC(CC)(c1ccc(N(c2ccccc2)c2ccccc2)cc1)c1ccc(N(c2ccccc2)c2ccc3c(c2)C(CC)(CC)c2ccccc2-3)cc1. The maximum absolute atomic E-state index is 2.49. The van der Waals surface area contributed by atoms with Crippen LogP contribution in [0.2, 0.25) is 0 Å². The molecule has 0 saturated carbocycles. The first kappa shape index (κ1) is 38.0. The Morgan fingerprint density at radius 3 is 1.30 bits per heavy atom. The van der Waals surface area contributed by atoms with Gasteiger partial charge in [0.15, 0.2) is 0 Å². The summed E-state index contributed by atoms with van der Waals surface area (Å²) < 4.78 is 0. The van der Waals surface area contributed by atoms with Gasteiger partial charge in [-0.2, -0.15) is 0 Å². The molecule has 2 nitrogen and oxygen atoms in total. The van der Waals surface area contributed by atoms with E-state index in [0.29, 0.717) is 0 Å². The van der Waals surface area contributed by atoms with Crippen LogP contribution < -0.4 is 9.80 Å². The van der Waals surface area contributed by atoms with Crippen LogP contribution in [0.5, 0.6) is 0 Å². The number of unbranched alkanes of at least 4 members (excludes halogenated alkanes) is 2. The third-order valence-electron chi connectivity index (χ3n) is 12.9. The van der Waals surface area contributed by atoms with Gasteiger partial charge in [-0.05, 0) is 132 Å². The van der Waals surface area contributed by atoms with Crippen molar-refractivity contribution < 1.29 is 0 Å². The zero-order valence-corrected chi connectivity index (χ0v) is 34.2. The first-order valence-electron chi connectivity index (χ1n) is 21.3. The summed E-state index contributed by atoms with van der Waals surface area (Å²) in [5.74, 6) is 0. The van der Waals surface area contributed by atoms with Crippen LogP contribution >= 0.6 is 0 Å². The molecule has 8 rings (SSSR count). The van der Waals surface area contributed by atoms with Crippen LogP contribution in [0.3, 0.4) is 0 Å². The number of hydrogen-bond acceptors (Lipinski definition) is 2. The van der Waals surface area contributed by atoms with Crippen molar-refractivity contribution in [3.63, 3.8) is 0 Å². The highest BCUT2D eigenvalue weighted by atomic mass is 15.1. The summed E-state index contributed by atoms with van der Waals surface area (Å²) in [5.41, 5.74) is 15.4. The van der Waals surface area contributed by atoms with Crippen LogP contribution in [0.1, 0.15) is 94.9 Å². The first-order chi connectivity index (χ1) is 28.1. The molecule has 0 bridgehead atoms. The summed E-state index contributed by atoms with van der Waals surface area (Å²) in [6.45, 7) is 9.39. The maximum atomic E-state index is 2.49. The molecular weight excluding hydrogens is 689 g/mol. The monoisotopic (exact) mass is 744 g/mol. The lowest BCUT2D eigenvalue weighted by Gasteiger charge is -2.36. The predicted octanol–water partition coefficient (Wildman–Crippen LogP) is 16.0. The Bertz CT molecular complexity index is 2320. The standard InChI is InChI=1S/C55H56N2/c1-5-9-21-40-55(8-4,42-30-34-47(35-31-42)56(44-22-13-10-14-23-44)45-24-15-11-16-25-45)43-32-36-48(37-33-43)57(46-26-17-12-18-27-46)49-38-39-51-50-28-19-20-29-52(50)54(6-2,7-3)53(51)41-49/h10-20,22-39,41H,5-9,21,40H2,1-4H3. The Morgan fingerprint density at radius 1 is 0.404 bits per heavy atom. The van der Waals surface area contributed by atoms with E-state index in [1.165, 1.54) is 69.7 Å². The fraction of sp³-hybridized carbons (Fsp3) is 0.236. The van der Waals surface area contributed by atoms with Crippen molar-refractivity contribution in [1.29, 1.82) is 0 Å². The Balaban J connectivity index is 1.19. The van der Waals surface area contributed by atoms with Crippen molar-refractivity contribution in [2.75, 3.05) is 9.80 Å². The number of anilines is 6. The molecule has 1 unspecified atom stereocenters. The topological polar surface area (TPSA) is 6.48 Å². The fourth-order valence-electron chi connectivity index (χ4n) is 9.80. The largest absolute Gasteiger partial charge is 0.311 e. The highest BCUT2D eigenvalue weighted by Crippen LogP contribution is 2.54. The number of rotatable bonds is 15. The zero-order valence-electron chi connectivity index (χ0n) is 34.2. The lowest BCUT2D eigenvalue weighted by atomic mass is 9.69. The van der Waals surface area contributed by atoms with Gasteiger partial charge in [0.1, 0.15) is 0 Å². The van der Waals surface area contributed by atoms with E-state index in [-0.39, 0.29) is 10.8 Å². The van der Waals surface area contributed by atoms with Gasteiger partial charge in [-0.25, -0.2) is 0 Å². The first-order valence-corrected chi connectivity index (χ1v) is 21.3. The second kappa shape index (κ2) is 16.7. The van der Waals surface area contributed by atoms with Gasteiger partial charge in [0, 0.05) is 45.0 Å². The molecule has 2 heteroatoms. The smallest absolute Gasteiger partial charge is 0.0465 e. The summed E-state index contributed by atoms with van der Waals surface area (Å²) in [5, 5.41) is 0. The van der Waals surface area contributed by atoms with E-state index in [2.05, 4.69) is 219 Å². The average molecular weight is 745 g/mol. The molecular formula is C55H56N2. The van der Waals surface area contributed by atoms with Gasteiger partial charge in [-0.3, -0.25) is 0 Å². The van der Waals surface area contributed by atoms with Gasteiger partial charge in [-0.15, -0.1) is 0 Å². The van der Waals surface area contributed by atoms with Crippen molar-refractivity contribution in [2.24, 2.45) is 0 Å². The Kier molecular flexibility index (Phi) is 11.1. The number of benzene rings is 7. The number of fused-ring (bicyclic) bond motifs is 3. The Labute approximate surface area is 341 Å². The van der Waals surface area contributed by atoms with Crippen molar-refractivity contribution in [2.45, 2.75) is 83.5 Å². The van der Waals surface area contributed by atoms with Crippen LogP contribution in [-0.4, -0.2) is 0 Å². The quantitative estimate of drug-likeness (QED) is 0.0965. The van der Waals surface area contributed by atoms with Crippen molar-refractivity contribution in [3.05, 3.63) is 204 Å². The van der Waals surface area contributed by atoms with Gasteiger partial charge >= 0.3 is 0 Å². The van der Waals surface area contributed by atoms with Crippen LogP contribution in [0.25, 0.3) is 11.1 Å². The number of nitrogens with zero attached hydrogens (tertiary/aromatic N) is 2. The third kappa shape index (κ3) is 6.97. The molecule has 0 radical (unpaired) electrons. The minimum absolute atomic E-state index is 0.0160. The van der Waals surface area contributed by atoms with Gasteiger partial charge < -0.3 is 9.80 Å². The Morgan fingerprint density at radius 2 is 0.825 bits per heavy atom. The van der Waals surface area contributed by atoms with E-state index in [4.69, 9.17) is 0 Å². The number of para-hydroxylation sites is 3. The van der Waals surface area contributed by atoms with E-state index in [9.17, 15) is 0 Å². The van der Waals surface area contributed by atoms with Crippen LogP contribution in [-0.2, 0) is 10.8 Å². The molecule has 7 aromatic carbocycles. The molecule has 1 aliphatic carbocycles. The highest BCUT2D eigenvalue weighted by Gasteiger charge is 2.41. The van der Waals surface area contributed by atoms with Gasteiger partial charge in [0.05, 0.1) is 0 Å².